The van der Waals surface area contributed by atoms with E-state index in [9.17, 15) is 24.0 Å². The number of likely N-dealkylation sites (N-methyl/N-ethyl adjacent to an activating group) is 2. The molecule has 52 heavy (non-hydrogen) atoms. The number of likely N-dealkylation sites (tertiary alicyclic amines) is 1. The molecule has 2 aromatic rings. The molecule has 1 unspecified atom stereocenters. The summed E-state index contributed by atoms with van der Waals surface area (Å²) >= 11 is 1.18. The summed E-state index contributed by atoms with van der Waals surface area (Å²) in [6, 6.07) is 7.71. The van der Waals surface area contributed by atoms with Crippen LogP contribution < -0.4 is 16.1 Å². The highest BCUT2D eigenvalue weighted by Gasteiger charge is 2.37. The van der Waals surface area contributed by atoms with Crippen LogP contribution in [0.4, 0.5) is 0 Å². The Morgan fingerprint density at radius 3 is 2.35 bits per heavy atom. The first-order valence-corrected chi connectivity index (χ1v) is 19.2. The fourth-order valence-electron chi connectivity index (χ4n) is 6.75. The fraction of sp³-hybridized carbons (Fsp3) is 0.632. The molecule has 3 rings (SSSR count). The third-order valence-electron chi connectivity index (χ3n) is 10.1. The number of thiazole rings is 1. The zero-order valence-corrected chi connectivity index (χ0v) is 32.7. The molecule has 2 heterocycles. The average Bonchev–Trinajstić information content (AvgIpc) is 3.62. The van der Waals surface area contributed by atoms with Crippen molar-refractivity contribution in [1.82, 2.24) is 30.9 Å². The molecule has 0 saturated carbocycles. The Labute approximate surface area is 312 Å². The van der Waals surface area contributed by atoms with Gasteiger partial charge in [0.15, 0.2) is 6.10 Å². The highest BCUT2D eigenvalue weighted by atomic mass is 32.1. The average molecular weight is 743 g/mol. The smallest absolute Gasteiger partial charge is 0.303 e. The first-order chi connectivity index (χ1) is 24.7. The highest BCUT2D eigenvalue weighted by molar-refractivity contribution is 7.09. The Hall–Kier alpha value is -3.88. The number of carbonyl (C=O) groups is 5. The van der Waals surface area contributed by atoms with Gasteiger partial charge in [-0.05, 0) is 56.7 Å². The maximum absolute atomic E-state index is 14.2. The number of nitrogens with one attached hydrogen (secondary N) is 3. The molecule has 0 aliphatic carbocycles. The molecule has 0 bridgehead atoms. The first kappa shape index (κ1) is 42.5. The van der Waals surface area contributed by atoms with Gasteiger partial charge >= 0.3 is 5.97 Å². The summed E-state index contributed by atoms with van der Waals surface area (Å²) in [7, 11) is 3.66. The Morgan fingerprint density at radius 1 is 1.06 bits per heavy atom. The third-order valence-corrected chi connectivity index (χ3v) is 11.1. The van der Waals surface area contributed by atoms with E-state index in [1.54, 1.807) is 29.7 Å². The molecular weight excluding hydrogens is 685 g/mol. The van der Waals surface area contributed by atoms with Crippen LogP contribution in [0, 0.1) is 17.8 Å². The van der Waals surface area contributed by atoms with Crippen molar-refractivity contribution >= 4 is 40.9 Å². The van der Waals surface area contributed by atoms with Crippen molar-refractivity contribution in [3.05, 3.63) is 52.0 Å². The lowest BCUT2D eigenvalue weighted by molar-refractivity contribution is -0.149. The lowest BCUT2D eigenvalue weighted by Crippen LogP contribution is -2.58. The number of aromatic nitrogens is 1. The molecule has 4 N–H and O–H groups in total. The normalized spacial score (nSPS) is 18.3. The van der Waals surface area contributed by atoms with E-state index in [2.05, 4.69) is 15.6 Å². The van der Waals surface area contributed by atoms with Crippen LogP contribution in [0.15, 0.2) is 35.7 Å². The predicted octanol–water partition coefficient (Wildman–Crippen LogP) is 4.51. The lowest BCUT2D eigenvalue weighted by atomic mass is 9.92. The summed E-state index contributed by atoms with van der Waals surface area (Å²) in [4.78, 5) is 73.9. The summed E-state index contributed by atoms with van der Waals surface area (Å²) in [5.41, 5.74) is 2.78. The van der Waals surface area contributed by atoms with E-state index >= 15 is 0 Å². The van der Waals surface area contributed by atoms with Gasteiger partial charge in [0.25, 0.3) is 5.91 Å². The number of rotatable bonds is 18. The van der Waals surface area contributed by atoms with Crippen LogP contribution in [0.3, 0.4) is 0 Å². The number of hydrogen-bond acceptors (Lipinski definition) is 10. The van der Waals surface area contributed by atoms with E-state index in [4.69, 9.17) is 9.94 Å². The maximum atomic E-state index is 14.2. The van der Waals surface area contributed by atoms with Gasteiger partial charge in [-0.15, -0.1) is 11.3 Å². The summed E-state index contributed by atoms with van der Waals surface area (Å²) in [6.07, 6.45) is 3.56. The van der Waals surface area contributed by atoms with Crippen LogP contribution in [0.2, 0.25) is 0 Å². The van der Waals surface area contributed by atoms with Gasteiger partial charge in [0, 0.05) is 43.8 Å². The van der Waals surface area contributed by atoms with Gasteiger partial charge in [-0.2, -0.15) is 0 Å². The largest absolute Gasteiger partial charge is 0.455 e. The Bertz CT molecular complexity index is 1490. The van der Waals surface area contributed by atoms with Gasteiger partial charge in [-0.3, -0.25) is 34.1 Å². The first-order valence-electron chi connectivity index (χ1n) is 18.3. The fourth-order valence-corrected chi connectivity index (χ4v) is 7.59. The number of hydroxylamine groups is 1. The highest BCUT2D eigenvalue weighted by Crippen LogP contribution is 2.31. The number of piperidine rings is 1. The van der Waals surface area contributed by atoms with Crippen LogP contribution in [0.5, 0.6) is 0 Å². The van der Waals surface area contributed by atoms with Gasteiger partial charge in [0.1, 0.15) is 16.7 Å². The summed E-state index contributed by atoms with van der Waals surface area (Å²) in [5.74, 6) is -2.62. The molecular formula is C38H58N6O7S. The Morgan fingerprint density at radius 2 is 1.75 bits per heavy atom. The van der Waals surface area contributed by atoms with Gasteiger partial charge in [0.2, 0.25) is 17.7 Å². The van der Waals surface area contributed by atoms with Crippen molar-refractivity contribution in [3.63, 3.8) is 0 Å². The second kappa shape index (κ2) is 20.4. The number of hydrogen-bond donors (Lipinski definition) is 4. The number of ether oxygens (including phenoxy) is 1. The van der Waals surface area contributed by atoms with E-state index < -0.39 is 47.9 Å². The van der Waals surface area contributed by atoms with Crippen molar-refractivity contribution in [2.75, 3.05) is 20.6 Å². The van der Waals surface area contributed by atoms with Crippen molar-refractivity contribution in [3.8, 4) is 0 Å². The summed E-state index contributed by atoms with van der Waals surface area (Å²) < 4.78 is 5.77. The minimum absolute atomic E-state index is 0.0515. The lowest BCUT2D eigenvalue weighted by Gasteiger charge is -2.38. The molecule has 1 aliphatic rings. The third kappa shape index (κ3) is 12.1. The van der Waals surface area contributed by atoms with E-state index in [1.165, 1.54) is 18.3 Å². The second-order valence-corrected chi connectivity index (χ2v) is 15.4. The van der Waals surface area contributed by atoms with Gasteiger partial charge in [0.05, 0.1) is 6.04 Å². The monoisotopic (exact) mass is 742 g/mol. The van der Waals surface area contributed by atoms with Crippen LogP contribution in [-0.2, 0) is 30.3 Å². The molecule has 1 aliphatic heterocycles. The number of benzene rings is 1. The molecule has 1 fully saturated rings. The predicted molar refractivity (Wildman–Crippen MR) is 199 cm³/mol. The van der Waals surface area contributed by atoms with Crippen molar-refractivity contribution in [1.29, 1.82) is 0 Å². The molecule has 7 atom stereocenters. The molecule has 288 valence electrons. The summed E-state index contributed by atoms with van der Waals surface area (Å²) in [6.45, 7) is 11.7. The number of nitrogens with zero attached hydrogens (tertiary/aromatic N) is 3. The second-order valence-electron chi connectivity index (χ2n) is 14.5. The standard InChI is InChI=1S/C38H58N6O7S/c1-9-24(4)33(41-36(48)30-17-13-14-18-43(30)7)38(49)44(8)31(23(2)3)21-32(51-26(6)45)37-40-29(22-52-37)35(47)39-28(19-25(5)34(46)42-50)20-27-15-11-10-12-16-27/h10-12,15-16,22-25,28,30-33,50H,9,13-14,17-21H2,1-8H3,(H,39,47)(H,41,48)(H,42,46)/t24-,25-,28+,30+,31?,32+,33-/m0/s1. The van der Waals surface area contributed by atoms with Gasteiger partial charge < -0.3 is 20.3 Å². The number of carbonyl (C=O) groups excluding carboxylic acids is 5. The minimum Gasteiger partial charge on any atom is -0.455 e. The SMILES string of the molecule is CC[C@H](C)[C@H](NC(=O)[C@H]1CCCCN1C)C(=O)N(C)C(C[C@@H](OC(C)=O)c1nc(C(=O)N[C@@H](Cc2ccccc2)C[C@H](C)C(=O)NO)cs1)C(C)C. The van der Waals surface area contributed by atoms with Gasteiger partial charge in [-0.1, -0.05) is 77.8 Å². The van der Waals surface area contributed by atoms with Crippen LogP contribution >= 0.6 is 11.3 Å². The van der Waals surface area contributed by atoms with Crippen LogP contribution in [0.25, 0.3) is 0 Å². The molecule has 0 radical (unpaired) electrons. The summed E-state index contributed by atoms with van der Waals surface area (Å²) in [5, 5.41) is 17.2. The van der Waals surface area contributed by atoms with Crippen LogP contribution in [-0.4, -0.2) is 94.4 Å². The van der Waals surface area contributed by atoms with Crippen molar-refractivity contribution < 1.29 is 33.9 Å². The van der Waals surface area contributed by atoms with E-state index in [-0.39, 0.29) is 48.2 Å². The molecule has 0 spiro atoms. The minimum atomic E-state index is -0.840. The number of esters is 1. The molecule has 1 aromatic heterocycles. The maximum Gasteiger partial charge on any atom is 0.303 e. The quantitative estimate of drug-likeness (QED) is 0.0976. The topological polar surface area (TPSA) is 170 Å². The molecule has 1 aromatic carbocycles. The van der Waals surface area contributed by atoms with Gasteiger partial charge in [-0.25, -0.2) is 10.5 Å². The van der Waals surface area contributed by atoms with E-state index in [1.807, 2.05) is 70.0 Å². The van der Waals surface area contributed by atoms with Crippen LogP contribution in [0.1, 0.15) is 107 Å². The van der Waals surface area contributed by atoms with Crippen molar-refractivity contribution in [2.45, 2.75) is 117 Å². The zero-order chi connectivity index (χ0) is 38.5. The number of amides is 4. The molecule has 13 nitrogen and oxygen atoms in total. The Balaban J connectivity index is 1.81. The van der Waals surface area contributed by atoms with Crippen molar-refractivity contribution in [2.24, 2.45) is 17.8 Å². The van der Waals surface area contributed by atoms with E-state index in [0.717, 1.165) is 31.4 Å². The van der Waals surface area contributed by atoms with E-state index in [0.29, 0.717) is 17.8 Å². The molecule has 4 amide bonds. The Kier molecular flexibility index (Phi) is 16.7. The molecule has 1 saturated heterocycles. The zero-order valence-electron chi connectivity index (χ0n) is 31.9. The molecule has 14 heteroatoms.